The van der Waals surface area contributed by atoms with E-state index in [0.29, 0.717) is 0 Å². The first kappa shape index (κ1) is 7.53. The molecule has 2 aliphatic rings. The molecule has 0 aromatic heterocycles. The Kier molecular flexibility index (Phi) is 1.94. The maximum atomic E-state index is 4.39. The van der Waals surface area contributed by atoms with Gasteiger partial charge in [0.1, 0.15) is 0 Å². The van der Waals surface area contributed by atoms with Crippen LogP contribution < -0.4 is 0 Å². The summed E-state index contributed by atoms with van der Waals surface area (Å²) in [5.74, 6) is 0. The third-order valence-corrected chi connectivity index (χ3v) is 2.29. The van der Waals surface area contributed by atoms with Crippen LogP contribution in [0.25, 0.3) is 0 Å². The fraction of sp³-hybridized carbons (Fsp3) is 0.364. The molecule has 0 bridgehead atoms. The summed E-state index contributed by atoms with van der Waals surface area (Å²) in [6, 6.07) is 0. The van der Waals surface area contributed by atoms with E-state index >= 15 is 0 Å². The highest BCUT2D eigenvalue weighted by Crippen LogP contribution is 2.27. The highest BCUT2D eigenvalue weighted by atomic mass is 14.7. The SMILES string of the molecule is CCCCC1=NC=C2C=CC=C21. The van der Waals surface area contributed by atoms with Crippen molar-refractivity contribution in [3.63, 3.8) is 0 Å². The molecule has 0 N–H and O–H groups in total. The number of hydrogen-bond donors (Lipinski definition) is 0. The lowest BCUT2D eigenvalue weighted by Gasteiger charge is -2.00. The maximum absolute atomic E-state index is 4.39. The van der Waals surface area contributed by atoms with Crippen LogP contribution in [-0.2, 0) is 0 Å². The van der Waals surface area contributed by atoms with Crippen molar-refractivity contribution in [2.75, 3.05) is 0 Å². The molecular weight excluding hydrogens is 146 g/mol. The van der Waals surface area contributed by atoms with Crippen molar-refractivity contribution in [2.45, 2.75) is 26.2 Å². The Morgan fingerprint density at radius 3 is 3.17 bits per heavy atom. The van der Waals surface area contributed by atoms with Gasteiger partial charge in [-0.25, -0.2) is 0 Å². The second-order valence-electron chi connectivity index (χ2n) is 3.20. The van der Waals surface area contributed by atoms with Crippen molar-refractivity contribution in [1.82, 2.24) is 0 Å². The number of unbranched alkanes of at least 4 members (excludes halogenated alkanes) is 1. The first-order chi connectivity index (χ1) is 5.92. The topological polar surface area (TPSA) is 12.4 Å². The van der Waals surface area contributed by atoms with Crippen molar-refractivity contribution < 1.29 is 0 Å². The summed E-state index contributed by atoms with van der Waals surface area (Å²) in [5, 5.41) is 0. The quantitative estimate of drug-likeness (QED) is 0.600. The molecule has 0 unspecified atom stereocenters. The Bertz CT molecular complexity index is 303. The Labute approximate surface area is 73.2 Å². The summed E-state index contributed by atoms with van der Waals surface area (Å²) in [4.78, 5) is 4.39. The molecule has 0 radical (unpaired) electrons. The van der Waals surface area contributed by atoms with Crippen LogP contribution in [0.15, 0.2) is 40.6 Å². The zero-order valence-corrected chi connectivity index (χ0v) is 7.38. The standard InChI is InChI=1S/C11H13N/c1-2-3-7-11-10-6-4-5-9(10)8-12-11/h4-6,8H,2-3,7H2,1H3. The Hall–Kier alpha value is -1.11. The van der Waals surface area contributed by atoms with E-state index in [2.05, 4.69) is 30.1 Å². The fourth-order valence-corrected chi connectivity index (χ4v) is 1.57. The Morgan fingerprint density at radius 1 is 1.42 bits per heavy atom. The summed E-state index contributed by atoms with van der Waals surface area (Å²) in [5.41, 5.74) is 3.92. The Morgan fingerprint density at radius 2 is 2.33 bits per heavy atom. The van der Waals surface area contributed by atoms with Crippen molar-refractivity contribution in [3.8, 4) is 0 Å². The third-order valence-electron chi connectivity index (χ3n) is 2.29. The molecule has 2 rings (SSSR count). The minimum atomic E-state index is 1.13. The predicted octanol–water partition coefficient (Wildman–Crippen LogP) is 3.01. The molecule has 0 atom stereocenters. The van der Waals surface area contributed by atoms with Crippen LogP contribution in [0.4, 0.5) is 0 Å². The van der Waals surface area contributed by atoms with Gasteiger partial charge in [-0.15, -0.1) is 0 Å². The van der Waals surface area contributed by atoms with E-state index in [4.69, 9.17) is 0 Å². The minimum absolute atomic E-state index is 1.13. The Balaban J connectivity index is 2.04. The fourth-order valence-electron chi connectivity index (χ4n) is 1.57. The smallest absolute Gasteiger partial charge is 0.0482 e. The van der Waals surface area contributed by atoms with Crippen LogP contribution in [-0.4, -0.2) is 5.71 Å². The molecule has 1 aliphatic carbocycles. The lowest BCUT2D eigenvalue weighted by atomic mass is 10.0. The summed E-state index contributed by atoms with van der Waals surface area (Å²) in [6.45, 7) is 2.21. The van der Waals surface area contributed by atoms with E-state index in [9.17, 15) is 0 Å². The molecule has 0 spiro atoms. The van der Waals surface area contributed by atoms with E-state index in [-0.39, 0.29) is 0 Å². The second-order valence-corrected chi connectivity index (χ2v) is 3.20. The molecule has 0 aromatic carbocycles. The number of fused-ring (bicyclic) bond motifs is 1. The van der Waals surface area contributed by atoms with Crippen LogP contribution in [0.2, 0.25) is 0 Å². The number of rotatable bonds is 3. The van der Waals surface area contributed by atoms with Gasteiger partial charge < -0.3 is 0 Å². The van der Waals surface area contributed by atoms with E-state index in [1.54, 1.807) is 0 Å². The first-order valence-electron chi connectivity index (χ1n) is 4.58. The zero-order valence-electron chi connectivity index (χ0n) is 7.38. The van der Waals surface area contributed by atoms with E-state index in [1.165, 1.54) is 29.7 Å². The normalized spacial score (nSPS) is 18.9. The van der Waals surface area contributed by atoms with Crippen molar-refractivity contribution >= 4 is 5.71 Å². The first-order valence-corrected chi connectivity index (χ1v) is 4.58. The largest absolute Gasteiger partial charge is 0.260 e. The van der Waals surface area contributed by atoms with E-state index in [0.717, 1.165) is 6.42 Å². The number of hydrogen-bond acceptors (Lipinski definition) is 1. The average Bonchev–Trinajstić information content (AvgIpc) is 2.62. The van der Waals surface area contributed by atoms with Crippen LogP contribution in [0.5, 0.6) is 0 Å². The van der Waals surface area contributed by atoms with Gasteiger partial charge in [0, 0.05) is 23.1 Å². The molecule has 1 heteroatoms. The van der Waals surface area contributed by atoms with Gasteiger partial charge in [-0.2, -0.15) is 0 Å². The third kappa shape index (κ3) is 1.15. The van der Waals surface area contributed by atoms with Gasteiger partial charge in [0.25, 0.3) is 0 Å². The summed E-state index contributed by atoms with van der Waals surface area (Å²) >= 11 is 0. The highest BCUT2D eigenvalue weighted by Gasteiger charge is 2.16. The summed E-state index contributed by atoms with van der Waals surface area (Å²) < 4.78 is 0. The molecule has 1 heterocycles. The highest BCUT2D eigenvalue weighted by molar-refractivity contribution is 6.08. The molecule has 12 heavy (non-hydrogen) atoms. The molecular formula is C11H13N. The molecule has 0 amide bonds. The van der Waals surface area contributed by atoms with Gasteiger partial charge in [0.15, 0.2) is 0 Å². The van der Waals surface area contributed by atoms with Crippen molar-refractivity contribution in [3.05, 3.63) is 35.6 Å². The molecule has 0 aromatic rings. The van der Waals surface area contributed by atoms with Gasteiger partial charge in [0.2, 0.25) is 0 Å². The molecule has 1 aliphatic heterocycles. The van der Waals surface area contributed by atoms with Crippen LogP contribution >= 0.6 is 0 Å². The van der Waals surface area contributed by atoms with Gasteiger partial charge in [0.05, 0.1) is 0 Å². The molecule has 1 nitrogen and oxygen atoms in total. The second kappa shape index (κ2) is 3.10. The summed E-state index contributed by atoms with van der Waals surface area (Å²) in [7, 11) is 0. The molecule has 0 saturated heterocycles. The summed E-state index contributed by atoms with van der Waals surface area (Å²) in [6.07, 6.45) is 12.0. The number of allylic oxidation sites excluding steroid dienone is 5. The van der Waals surface area contributed by atoms with Crippen LogP contribution in [0.3, 0.4) is 0 Å². The number of aliphatic imine (C=N–C) groups is 1. The monoisotopic (exact) mass is 159 g/mol. The van der Waals surface area contributed by atoms with Crippen LogP contribution in [0, 0.1) is 0 Å². The lowest BCUT2D eigenvalue weighted by molar-refractivity contribution is 0.836. The lowest BCUT2D eigenvalue weighted by Crippen LogP contribution is -1.97. The molecule has 0 saturated carbocycles. The molecule has 0 fully saturated rings. The van der Waals surface area contributed by atoms with E-state index in [1.807, 2.05) is 6.20 Å². The van der Waals surface area contributed by atoms with Gasteiger partial charge in [-0.05, 0) is 12.8 Å². The van der Waals surface area contributed by atoms with Gasteiger partial charge in [-0.1, -0.05) is 31.6 Å². The predicted molar refractivity (Wildman–Crippen MR) is 52.3 cm³/mol. The average molecular weight is 159 g/mol. The minimum Gasteiger partial charge on any atom is -0.260 e. The maximum Gasteiger partial charge on any atom is 0.0482 e. The van der Waals surface area contributed by atoms with Crippen LogP contribution in [0.1, 0.15) is 26.2 Å². The zero-order chi connectivity index (χ0) is 8.39. The van der Waals surface area contributed by atoms with Gasteiger partial charge >= 0.3 is 0 Å². The van der Waals surface area contributed by atoms with E-state index < -0.39 is 0 Å². The molecule has 62 valence electrons. The van der Waals surface area contributed by atoms with Crippen molar-refractivity contribution in [1.29, 1.82) is 0 Å². The van der Waals surface area contributed by atoms with Crippen molar-refractivity contribution in [2.24, 2.45) is 4.99 Å². The number of nitrogens with zero attached hydrogens (tertiary/aromatic N) is 1. The van der Waals surface area contributed by atoms with Gasteiger partial charge in [-0.3, -0.25) is 4.99 Å².